The molecule has 1 N–H and O–H groups in total. The highest BCUT2D eigenvalue weighted by Crippen LogP contribution is 2.33. The van der Waals surface area contributed by atoms with E-state index in [9.17, 15) is 14.0 Å². The van der Waals surface area contributed by atoms with Gasteiger partial charge in [-0.1, -0.05) is 18.2 Å². The van der Waals surface area contributed by atoms with Crippen LogP contribution in [-0.2, 0) is 29.7 Å². The Labute approximate surface area is 172 Å². The van der Waals surface area contributed by atoms with Crippen LogP contribution in [0.2, 0.25) is 0 Å². The lowest BCUT2D eigenvalue weighted by Crippen LogP contribution is -2.41. The minimum Gasteiger partial charge on any atom is -0.439 e. The average Bonchev–Trinajstić information content (AvgIpc) is 3.44. The molecule has 0 spiro atoms. The summed E-state index contributed by atoms with van der Waals surface area (Å²) < 4.78 is 18.8. The lowest BCUT2D eigenvalue weighted by atomic mass is 9.90. The van der Waals surface area contributed by atoms with Crippen molar-refractivity contribution < 1.29 is 18.4 Å². The van der Waals surface area contributed by atoms with Crippen LogP contribution >= 0.6 is 0 Å². The second-order valence-corrected chi connectivity index (χ2v) is 7.91. The van der Waals surface area contributed by atoms with Gasteiger partial charge >= 0.3 is 6.03 Å². The van der Waals surface area contributed by atoms with E-state index in [-0.39, 0.29) is 24.2 Å². The summed E-state index contributed by atoms with van der Waals surface area (Å²) in [5.41, 5.74) is 2.87. The highest BCUT2D eigenvalue weighted by atomic mass is 19.1. The fraction of sp³-hybridized carbons (Fsp3) is 0.261. The molecule has 1 saturated heterocycles. The van der Waals surface area contributed by atoms with Crippen LogP contribution in [0.5, 0.6) is 0 Å². The maximum Gasteiger partial charge on any atom is 0.325 e. The van der Waals surface area contributed by atoms with Gasteiger partial charge in [0.25, 0.3) is 5.91 Å². The smallest absolute Gasteiger partial charge is 0.325 e. The summed E-state index contributed by atoms with van der Waals surface area (Å²) in [6, 6.07) is 11.3. The minimum atomic E-state index is -1.12. The summed E-state index contributed by atoms with van der Waals surface area (Å²) in [6.07, 6.45) is 4.66. The molecule has 1 unspecified atom stereocenters. The van der Waals surface area contributed by atoms with Crippen LogP contribution in [0, 0.1) is 5.82 Å². The number of nitrogens with one attached hydrogen (secondary N) is 1. The monoisotopic (exact) mass is 405 g/mol. The van der Waals surface area contributed by atoms with Crippen molar-refractivity contribution in [3.05, 3.63) is 77.1 Å². The van der Waals surface area contributed by atoms with Gasteiger partial charge in [-0.15, -0.1) is 0 Å². The largest absolute Gasteiger partial charge is 0.439 e. The molecule has 7 heteroatoms. The van der Waals surface area contributed by atoms with Crippen molar-refractivity contribution in [3.63, 3.8) is 0 Å². The van der Waals surface area contributed by atoms with Crippen LogP contribution in [-0.4, -0.2) is 21.8 Å². The number of aromatic nitrogens is 1. The number of halogens is 1. The van der Waals surface area contributed by atoms with Gasteiger partial charge in [0.05, 0.1) is 6.20 Å². The fourth-order valence-corrected chi connectivity index (χ4v) is 4.19. The standard InChI is InChI=1S/C23H20FN3O3/c1-23(17-8-5-14-3-2-4-16(14)11-17)21(28)27(22(29)26-23)13-20-25-12-19(30-20)15-6-9-18(24)10-7-15/h5-12H,2-4,13H2,1H3,(H,26,29). The number of carbonyl (C=O) groups is 2. The van der Waals surface area contributed by atoms with E-state index >= 15 is 0 Å². The first-order valence-electron chi connectivity index (χ1n) is 9.91. The number of nitrogens with zero attached hydrogens (tertiary/aromatic N) is 2. The van der Waals surface area contributed by atoms with Crippen LogP contribution in [0.3, 0.4) is 0 Å². The quantitative estimate of drug-likeness (QED) is 0.667. The van der Waals surface area contributed by atoms with Gasteiger partial charge in [-0.25, -0.2) is 14.2 Å². The molecule has 6 nitrogen and oxygen atoms in total. The number of hydrogen-bond acceptors (Lipinski definition) is 4. The Balaban J connectivity index is 1.38. The molecule has 1 aliphatic heterocycles. The van der Waals surface area contributed by atoms with E-state index in [1.165, 1.54) is 29.5 Å². The van der Waals surface area contributed by atoms with Crippen molar-refractivity contribution in [1.29, 1.82) is 0 Å². The molecule has 5 rings (SSSR count). The number of imide groups is 1. The predicted octanol–water partition coefficient (Wildman–Crippen LogP) is 3.94. The van der Waals surface area contributed by atoms with E-state index in [4.69, 9.17) is 4.42 Å². The molecule has 0 saturated carbocycles. The Morgan fingerprint density at radius 1 is 1.13 bits per heavy atom. The third-order valence-corrected chi connectivity index (χ3v) is 5.93. The van der Waals surface area contributed by atoms with Gasteiger partial charge in [0.15, 0.2) is 5.76 Å². The van der Waals surface area contributed by atoms with Gasteiger partial charge in [-0.3, -0.25) is 9.69 Å². The van der Waals surface area contributed by atoms with E-state index in [0.717, 1.165) is 29.7 Å². The first-order valence-corrected chi connectivity index (χ1v) is 9.91. The molecule has 2 heterocycles. The van der Waals surface area contributed by atoms with Crippen molar-refractivity contribution in [2.75, 3.05) is 0 Å². The Bertz CT molecular complexity index is 1150. The normalized spacial score (nSPS) is 20.5. The molecule has 2 aromatic carbocycles. The summed E-state index contributed by atoms with van der Waals surface area (Å²) in [7, 11) is 0. The second-order valence-electron chi connectivity index (χ2n) is 7.91. The number of carbonyl (C=O) groups excluding carboxylic acids is 2. The zero-order valence-electron chi connectivity index (χ0n) is 16.4. The molecule has 30 heavy (non-hydrogen) atoms. The van der Waals surface area contributed by atoms with Crippen LogP contribution < -0.4 is 5.32 Å². The molecule has 1 aromatic heterocycles. The Morgan fingerprint density at radius 2 is 1.90 bits per heavy atom. The highest BCUT2D eigenvalue weighted by molar-refractivity contribution is 6.07. The van der Waals surface area contributed by atoms with Crippen molar-refractivity contribution in [1.82, 2.24) is 15.2 Å². The van der Waals surface area contributed by atoms with E-state index in [1.54, 1.807) is 19.1 Å². The molecule has 1 atom stereocenters. The van der Waals surface area contributed by atoms with Crippen molar-refractivity contribution in [2.24, 2.45) is 0 Å². The van der Waals surface area contributed by atoms with Gasteiger partial charge in [0.1, 0.15) is 17.9 Å². The van der Waals surface area contributed by atoms with Gasteiger partial charge in [0, 0.05) is 5.56 Å². The molecule has 0 radical (unpaired) electrons. The lowest BCUT2D eigenvalue weighted by Gasteiger charge is -2.23. The summed E-state index contributed by atoms with van der Waals surface area (Å²) in [4.78, 5) is 31.1. The summed E-state index contributed by atoms with van der Waals surface area (Å²) in [6.45, 7) is 1.65. The maximum absolute atomic E-state index is 13.2. The number of rotatable bonds is 4. The second kappa shape index (κ2) is 6.79. The zero-order chi connectivity index (χ0) is 20.9. The Morgan fingerprint density at radius 3 is 2.70 bits per heavy atom. The number of benzene rings is 2. The first kappa shape index (κ1) is 18.5. The van der Waals surface area contributed by atoms with Gasteiger partial charge < -0.3 is 9.73 Å². The Kier molecular flexibility index (Phi) is 4.20. The molecule has 1 fully saturated rings. The summed E-state index contributed by atoms with van der Waals surface area (Å²) >= 11 is 0. The number of fused-ring (bicyclic) bond motifs is 1. The average molecular weight is 405 g/mol. The third-order valence-electron chi connectivity index (χ3n) is 5.93. The highest BCUT2D eigenvalue weighted by Gasteiger charge is 2.49. The number of oxazole rings is 1. The van der Waals surface area contributed by atoms with Gasteiger partial charge in [0.2, 0.25) is 5.89 Å². The number of amides is 3. The molecule has 3 aromatic rings. The molecular weight excluding hydrogens is 385 g/mol. The molecule has 1 aliphatic carbocycles. The number of aryl methyl sites for hydroxylation is 2. The minimum absolute atomic E-state index is 0.0770. The number of urea groups is 1. The zero-order valence-corrected chi connectivity index (χ0v) is 16.4. The maximum atomic E-state index is 13.2. The SMILES string of the molecule is CC1(c2ccc3c(c2)CCC3)NC(=O)N(Cc2ncc(-c3ccc(F)cc3)o2)C1=O. The van der Waals surface area contributed by atoms with Crippen molar-refractivity contribution in [2.45, 2.75) is 38.3 Å². The fourth-order valence-electron chi connectivity index (χ4n) is 4.19. The summed E-state index contributed by atoms with van der Waals surface area (Å²) in [5, 5.41) is 2.83. The van der Waals surface area contributed by atoms with E-state index in [1.807, 2.05) is 18.2 Å². The molecule has 0 bridgehead atoms. The van der Waals surface area contributed by atoms with E-state index in [2.05, 4.69) is 10.3 Å². The topological polar surface area (TPSA) is 75.4 Å². The third kappa shape index (κ3) is 2.98. The lowest BCUT2D eigenvalue weighted by molar-refractivity contribution is -0.131. The molecular formula is C23H20FN3O3. The van der Waals surface area contributed by atoms with Crippen LogP contribution in [0.15, 0.2) is 53.1 Å². The number of hydrogen-bond donors (Lipinski definition) is 1. The van der Waals surface area contributed by atoms with Crippen molar-refractivity contribution in [3.8, 4) is 11.3 Å². The van der Waals surface area contributed by atoms with Gasteiger partial charge in [-0.05, 0) is 67.1 Å². The van der Waals surface area contributed by atoms with Gasteiger partial charge in [-0.2, -0.15) is 0 Å². The molecule has 2 aliphatic rings. The molecule has 3 amide bonds. The van der Waals surface area contributed by atoms with Crippen LogP contribution in [0.1, 0.15) is 35.9 Å². The van der Waals surface area contributed by atoms with E-state index in [0.29, 0.717) is 11.3 Å². The molecule has 152 valence electrons. The van der Waals surface area contributed by atoms with Crippen LogP contribution in [0.25, 0.3) is 11.3 Å². The van der Waals surface area contributed by atoms with Crippen LogP contribution in [0.4, 0.5) is 9.18 Å². The van der Waals surface area contributed by atoms with E-state index < -0.39 is 11.6 Å². The predicted molar refractivity (Wildman–Crippen MR) is 107 cm³/mol. The van der Waals surface area contributed by atoms with Crippen molar-refractivity contribution >= 4 is 11.9 Å². The summed E-state index contributed by atoms with van der Waals surface area (Å²) in [5.74, 6) is -0.00916. The first-order chi connectivity index (χ1) is 14.4. The Hall–Kier alpha value is -3.48.